The lowest BCUT2D eigenvalue weighted by Crippen LogP contribution is -2.47. The number of nitrogens with one attached hydrogen (secondary N) is 1. The van der Waals surface area contributed by atoms with E-state index >= 15 is 0 Å². The molecule has 0 bridgehead atoms. The van der Waals surface area contributed by atoms with Gasteiger partial charge in [-0.25, -0.2) is 4.98 Å². The monoisotopic (exact) mass is 587 g/mol. The van der Waals surface area contributed by atoms with Crippen molar-refractivity contribution in [3.05, 3.63) is 89.9 Å². The molecule has 2 fully saturated rings. The van der Waals surface area contributed by atoms with E-state index in [9.17, 15) is 4.79 Å². The third kappa shape index (κ3) is 5.92. The molecule has 0 atom stereocenters. The first-order valence-corrected chi connectivity index (χ1v) is 15.9. The number of likely N-dealkylation sites (tertiary alicyclic amines) is 1. The van der Waals surface area contributed by atoms with E-state index in [2.05, 4.69) is 75.7 Å². The number of piperazine rings is 1. The maximum atomic E-state index is 13.4. The predicted octanol–water partition coefficient (Wildman–Crippen LogP) is 5.77. The molecule has 3 aromatic heterocycles. The number of hydrogen-bond donors (Lipinski definition) is 1. The summed E-state index contributed by atoms with van der Waals surface area (Å²) in [7, 11) is 4.08. The molecule has 5 heterocycles. The number of piperidine rings is 1. The number of anilines is 1. The Morgan fingerprint density at radius 1 is 0.841 bits per heavy atom. The highest BCUT2D eigenvalue weighted by Gasteiger charge is 2.23. The predicted molar refractivity (Wildman–Crippen MR) is 178 cm³/mol. The first-order chi connectivity index (χ1) is 21.5. The normalized spacial score (nSPS) is 16.5. The second-order valence-corrected chi connectivity index (χ2v) is 12.4. The highest BCUT2D eigenvalue weighted by atomic mass is 16.2. The lowest BCUT2D eigenvalue weighted by molar-refractivity contribution is 0.0655. The average molecular weight is 588 g/mol. The van der Waals surface area contributed by atoms with Gasteiger partial charge in [-0.2, -0.15) is 0 Å². The summed E-state index contributed by atoms with van der Waals surface area (Å²) in [5.74, 6) is 0.0979. The molecule has 0 spiro atoms. The molecule has 2 aliphatic rings. The number of pyridine rings is 2. The Hall–Kier alpha value is -4.27. The maximum absolute atomic E-state index is 13.4. The third-order valence-corrected chi connectivity index (χ3v) is 9.32. The van der Waals surface area contributed by atoms with Crippen LogP contribution in [0.3, 0.4) is 0 Å². The zero-order chi connectivity index (χ0) is 30.0. The quantitative estimate of drug-likeness (QED) is 0.261. The van der Waals surface area contributed by atoms with Crippen molar-refractivity contribution in [2.24, 2.45) is 7.05 Å². The van der Waals surface area contributed by atoms with E-state index in [-0.39, 0.29) is 5.91 Å². The molecule has 2 aliphatic heterocycles. The molecule has 8 nitrogen and oxygen atoms in total. The molecule has 7 rings (SSSR count). The molecule has 0 radical (unpaired) electrons. The summed E-state index contributed by atoms with van der Waals surface area (Å²) in [6.07, 6.45) is 7.67. The van der Waals surface area contributed by atoms with E-state index < -0.39 is 0 Å². The van der Waals surface area contributed by atoms with Crippen molar-refractivity contribution in [1.29, 1.82) is 0 Å². The van der Waals surface area contributed by atoms with Crippen LogP contribution in [0.15, 0.2) is 73.1 Å². The van der Waals surface area contributed by atoms with Crippen LogP contribution in [0, 0.1) is 0 Å². The average Bonchev–Trinajstić information content (AvgIpc) is 3.40. The Kier molecular flexibility index (Phi) is 8.02. The van der Waals surface area contributed by atoms with E-state index in [4.69, 9.17) is 4.98 Å². The van der Waals surface area contributed by atoms with Gasteiger partial charge >= 0.3 is 0 Å². The number of hydrogen-bond acceptors (Lipinski definition) is 6. The second kappa shape index (κ2) is 12.4. The molecule has 2 aromatic carbocycles. The number of benzene rings is 2. The number of likely N-dealkylation sites (N-methyl/N-ethyl adjacent to an activating group) is 1. The fourth-order valence-electron chi connectivity index (χ4n) is 6.58. The Bertz CT molecular complexity index is 1780. The standard InChI is InChI=1S/C36H41N7O/c1-40-16-18-43(19-17-40)36(44)35-21-29-20-28(10-11-34(29)41(35)2)32-22-33(30-24-37-13-12-31(30)39-32)38-23-26-6-8-27(9-7-26)25-42-14-4-3-5-15-42/h6-13,20-22,24H,3-5,14-19,23,25H2,1-2H3,(H,38,39). The zero-order valence-electron chi connectivity index (χ0n) is 25.8. The minimum atomic E-state index is 0.0979. The van der Waals surface area contributed by atoms with Crippen LogP contribution in [0.5, 0.6) is 0 Å². The van der Waals surface area contributed by atoms with Gasteiger partial charge in [0.2, 0.25) is 0 Å². The van der Waals surface area contributed by atoms with E-state index in [1.54, 1.807) is 6.20 Å². The summed E-state index contributed by atoms with van der Waals surface area (Å²) < 4.78 is 2.02. The fraction of sp³-hybridized carbons (Fsp3) is 0.361. The van der Waals surface area contributed by atoms with Gasteiger partial charge in [0.05, 0.1) is 11.2 Å². The molecule has 8 heteroatoms. The first kappa shape index (κ1) is 28.5. The van der Waals surface area contributed by atoms with Gasteiger partial charge in [0.15, 0.2) is 0 Å². The zero-order valence-corrected chi connectivity index (χ0v) is 25.8. The largest absolute Gasteiger partial charge is 0.380 e. The van der Waals surface area contributed by atoms with Crippen LogP contribution in [0.1, 0.15) is 40.9 Å². The van der Waals surface area contributed by atoms with Crippen molar-refractivity contribution in [3.63, 3.8) is 0 Å². The van der Waals surface area contributed by atoms with E-state index in [1.807, 2.05) is 34.8 Å². The number of amides is 1. The fourth-order valence-corrected chi connectivity index (χ4v) is 6.58. The lowest BCUT2D eigenvalue weighted by atomic mass is 10.1. The number of carbonyl (C=O) groups is 1. The number of carbonyl (C=O) groups excluding carboxylic acids is 1. The number of aromatic nitrogens is 3. The summed E-state index contributed by atoms with van der Waals surface area (Å²) in [6.45, 7) is 7.51. The van der Waals surface area contributed by atoms with Crippen LogP contribution >= 0.6 is 0 Å². The van der Waals surface area contributed by atoms with Crippen molar-refractivity contribution in [2.45, 2.75) is 32.4 Å². The molecule has 44 heavy (non-hydrogen) atoms. The topological polar surface area (TPSA) is 69.5 Å². The Balaban J connectivity index is 1.12. The Labute approximate surface area is 259 Å². The van der Waals surface area contributed by atoms with Crippen LogP contribution < -0.4 is 5.32 Å². The van der Waals surface area contributed by atoms with Gasteiger partial charge < -0.3 is 19.7 Å². The summed E-state index contributed by atoms with van der Waals surface area (Å²) >= 11 is 0. The van der Waals surface area contributed by atoms with Gasteiger partial charge in [0.25, 0.3) is 5.91 Å². The van der Waals surface area contributed by atoms with E-state index in [1.165, 1.54) is 43.5 Å². The number of rotatable bonds is 7. The SMILES string of the molecule is CN1CCN(C(=O)c2cc3cc(-c4cc(NCc5ccc(CN6CCCCC6)cc5)c5cnccc5n4)ccc3n2C)CC1. The van der Waals surface area contributed by atoms with E-state index in [0.29, 0.717) is 6.54 Å². The van der Waals surface area contributed by atoms with Crippen molar-refractivity contribution >= 4 is 33.4 Å². The number of nitrogens with zero attached hydrogens (tertiary/aromatic N) is 6. The van der Waals surface area contributed by atoms with Gasteiger partial charge in [-0.1, -0.05) is 36.8 Å². The minimum absolute atomic E-state index is 0.0979. The first-order valence-electron chi connectivity index (χ1n) is 15.9. The summed E-state index contributed by atoms with van der Waals surface area (Å²) in [6, 6.07) is 21.5. The van der Waals surface area contributed by atoms with Crippen molar-refractivity contribution in [3.8, 4) is 11.3 Å². The van der Waals surface area contributed by atoms with Gasteiger partial charge in [0, 0.05) is 86.2 Å². The Morgan fingerprint density at radius 3 is 2.41 bits per heavy atom. The highest BCUT2D eigenvalue weighted by Crippen LogP contribution is 2.31. The summed E-state index contributed by atoms with van der Waals surface area (Å²) in [5.41, 5.74) is 8.20. The van der Waals surface area contributed by atoms with Gasteiger partial charge in [0.1, 0.15) is 5.69 Å². The van der Waals surface area contributed by atoms with Crippen LogP contribution in [0.2, 0.25) is 0 Å². The third-order valence-electron chi connectivity index (χ3n) is 9.32. The Morgan fingerprint density at radius 2 is 1.61 bits per heavy atom. The molecule has 0 saturated carbocycles. The molecule has 1 N–H and O–H groups in total. The molecular formula is C36H41N7O. The van der Waals surface area contributed by atoms with Crippen molar-refractivity contribution < 1.29 is 4.79 Å². The van der Waals surface area contributed by atoms with E-state index in [0.717, 1.165) is 77.2 Å². The van der Waals surface area contributed by atoms with Crippen LogP contribution in [-0.2, 0) is 20.1 Å². The molecular weight excluding hydrogens is 546 g/mol. The molecule has 226 valence electrons. The van der Waals surface area contributed by atoms with Crippen LogP contribution in [0.4, 0.5) is 5.69 Å². The highest BCUT2D eigenvalue weighted by molar-refractivity contribution is 6.00. The summed E-state index contributed by atoms with van der Waals surface area (Å²) in [5, 5.41) is 5.71. The molecule has 1 amide bonds. The van der Waals surface area contributed by atoms with Gasteiger partial charge in [-0.05, 0) is 74.4 Å². The molecule has 2 saturated heterocycles. The lowest BCUT2D eigenvalue weighted by Gasteiger charge is -2.32. The van der Waals surface area contributed by atoms with Gasteiger partial charge in [-0.15, -0.1) is 0 Å². The minimum Gasteiger partial charge on any atom is -0.380 e. The smallest absolute Gasteiger partial charge is 0.270 e. The van der Waals surface area contributed by atoms with Crippen LogP contribution in [-0.4, -0.2) is 81.5 Å². The second-order valence-electron chi connectivity index (χ2n) is 12.4. The number of aryl methyl sites for hydroxylation is 1. The van der Waals surface area contributed by atoms with Gasteiger partial charge in [-0.3, -0.25) is 14.7 Å². The maximum Gasteiger partial charge on any atom is 0.270 e. The van der Waals surface area contributed by atoms with Crippen molar-refractivity contribution in [2.75, 3.05) is 51.6 Å². The van der Waals surface area contributed by atoms with Crippen molar-refractivity contribution in [1.82, 2.24) is 29.2 Å². The summed E-state index contributed by atoms with van der Waals surface area (Å²) in [4.78, 5) is 29.6. The molecule has 5 aromatic rings. The number of fused-ring (bicyclic) bond motifs is 2. The van der Waals surface area contributed by atoms with Crippen LogP contribution in [0.25, 0.3) is 33.1 Å². The molecule has 0 aliphatic carbocycles. The molecule has 0 unspecified atom stereocenters.